The standard InChI is InChI=1S/C13H10ClFN2O2/c1-19-11-6-9(3-4-10(11)15)17-13(18)8-2-5-12(14)16-7-8/h2-7H,1H3,(H,17,18). The minimum Gasteiger partial charge on any atom is -0.494 e. The van der Waals surface area contributed by atoms with Crippen molar-refractivity contribution in [2.24, 2.45) is 0 Å². The van der Waals surface area contributed by atoms with Crippen LogP contribution in [-0.2, 0) is 0 Å². The van der Waals surface area contributed by atoms with Gasteiger partial charge in [-0.15, -0.1) is 0 Å². The van der Waals surface area contributed by atoms with Crippen LogP contribution in [0, 0.1) is 5.82 Å². The van der Waals surface area contributed by atoms with E-state index in [2.05, 4.69) is 10.3 Å². The summed E-state index contributed by atoms with van der Waals surface area (Å²) >= 11 is 5.63. The van der Waals surface area contributed by atoms with E-state index < -0.39 is 5.82 Å². The average molecular weight is 281 g/mol. The highest BCUT2D eigenvalue weighted by Crippen LogP contribution is 2.21. The van der Waals surface area contributed by atoms with Gasteiger partial charge in [0.2, 0.25) is 0 Å². The summed E-state index contributed by atoms with van der Waals surface area (Å²) in [6, 6.07) is 7.12. The van der Waals surface area contributed by atoms with E-state index in [4.69, 9.17) is 16.3 Å². The Morgan fingerprint density at radius 1 is 1.37 bits per heavy atom. The van der Waals surface area contributed by atoms with Crippen molar-refractivity contribution >= 4 is 23.2 Å². The zero-order valence-electron chi connectivity index (χ0n) is 9.98. The lowest BCUT2D eigenvalue weighted by Gasteiger charge is -2.07. The fourth-order valence-corrected chi connectivity index (χ4v) is 1.56. The van der Waals surface area contributed by atoms with Gasteiger partial charge in [-0.1, -0.05) is 11.6 Å². The smallest absolute Gasteiger partial charge is 0.257 e. The van der Waals surface area contributed by atoms with E-state index in [1.54, 1.807) is 6.07 Å². The van der Waals surface area contributed by atoms with Crippen LogP contribution in [0.1, 0.15) is 10.4 Å². The van der Waals surface area contributed by atoms with Crippen molar-refractivity contribution in [3.8, 4) is 5.75 Å². The predicted octanol–water partition coefficient (Wildman–Crippen LogP) is 3.14. The van der Waals surface area contributed by atoms with Crippen LogP contribution in [0.25, 0.3) is 0 Å². The molecule has 0 spiro atoms. The summed E-state index contributed by atoms with van der Waals surface area (Å²) in [6.45, 7) is 0. The van der Waals surface area contributed by atoms with E-state index in [0.29, 0.717) is 16.4 Å². The first kappa shape index (κ1) is 13.3. The molecule has 2 aromatic rings. The molecule has 19 heavy (non-hydrogen) atoms. The molecule has 0 fully saturated rings. The number of nitrogens with zero attached hydrogens (tertiary/aromatic N) is 1. The van der Waals surface area contributed by atoms with Crippen molar-refractivity contribution in [1.29, 1.82) is 0 Å². The third-order valence-corrected chi connectivity index (χ3v) is 2.62. The molecular formula is C13H10ClFN2O2. The Labute approximate surface area is 114 Å². The third kappa shape index (κ3) is 3.20. The second-order valence-corrected chi connectivity index (χ2v) is 4.06. The Kier molecular flexibility index (Phi) is 3.97. The van der Waals surface area contributed by atoms with Gasteiger partial charge in [-0.25, -0.2) is 9.37 Å². The lowest BCUT2D eigenvalue weighted by atomic mass is 10.2. The number of carbonyl (C=O) groups excluding carboxylic acids is 1. The van der Waals surface area contributed by atoms with E-state index in [9.17, 15) is 9.18 Å². The van der Waals surface area contributed by atoms with Crippen molar-refractivity contribution in [2.45, 2.75) is 0 Å². The van der Waals surface area contributed by atoms with Crippen LogP contribution in [0.3, 0.4) is 0 Å². The summed E-state index contributed by atoms with van der Waals surface area (Å²) in [5, 5.41) is 2.92. The van der Waals surface area contributed by atoms with Crippen molar-refractivity contribution in [2.75, 3.05) is 12.4 Å². The Morgan fingerprint density at radius 3 is 2.79 bits per heavy atom. The van der Waals surface area contributed by atoms with Crippen LogP contribution in [0.2, 0.25) is 5.15 Å². The quantitative estimate of drug-likeness (QED) is 0.879. The Balaban J connectivity index is 2.17. The van der Waals surface area contributed by atoms with Gasteiger partial charge in [-0.3, -0.25) is 4.79 Å². The molecule has 0 saturated carbocycles. The monoisotopic (exact) mass is 280 g/mol. The van der Waals surface area contributed by atoms with Gasteiger partial charge in [0, 0.05) is 18.0 Å². The number of methoxy groups -OCH3 is 1. The lowest BCUT2D eigenvalue weighted by molar-refractivity contribution is 0.102. The summed E-state index contributed by atoms with van der Waals surface area (Å²) in [5.41, 5.74) is 0.783. The first-order valence-electron chi connectivity index (χ1n) is 5.36. The molecule has 98 valence electrons. The largest absolute Gasteiger partial charge is 0.494 e. The molecule has 1 N–H and O–H groups in total. The molecule has 4 nitrogen and oxygen atoms in total. The third-order valence-electron chi connectivity index (χ3n) is 2.40. The Morgan fingerprint density at radius 2 is 2.16 bits per heavy atom. The second kappa shape index (κ2) is 5.67. The van der Waals surface area contributed by atoms with Gasteiger partial charge in [0.15, 0.2) is 11.6 Å². The molecule has 0 aliphatic carbocycles. The maximum Gasteiger partial charge on any atom is 0.257 e. The van der Waals surface area contributed by atoms with E-state index in [-0.39, 0.29) is 11.7 Å². The van der Waals surface area contributed by atoms with Crippen LogP contribution in [-0.4, -0.2) is 18.0 Å². The van der Waals surface area contributed by atoms with Crippen molar-refractivity contribution in [3.63, 3.8) is 0 Å². The maximum atomic E-state index is 13.2. The lowest BCUT2D eigenvalue weighted by Crippen LogP contribution is -2.12. The fraction of sp³-hybridized carbons (Fsp3) is 0.0769. The molecule has 2 rings (SSSR count). The minimum absolute atomic E-state index is 0.0621. The van der Waals surface area contributed by atoms with Crippen LogP contribution in [0.5, 0.6) is 5.75 Å². The summed E-state index contributed by atoms with van der Waals surface area (Å²) in [5.74, 6) is -0.793. The molecule has 1 heterocycles. The van der Waals surface area contributed by atoms with E-state index in [1.165, 1.54) is 37.6 Å². The predicted molar refractivity (Wildman–Crippen MR) is 70.2 cm³/mol. The van der Waals surface area contributed by atoms with Crippen LogP contribution >= 0.6 is 11.6 Å². The molecule has 1 aromatic heterocycles. The highest BCUT2D eigenvalue weighted by Gasteiger charge is 2.09. The van der Waals surface area contributed by atoms with Crippen LogP contribution in [0.4, 0.5) is 10.1 Å². The molecule has 0 aliphatic heterocycles. The van der Waals surface area contributed by atoms with Gasteiger partial charge in [-0.05, 0) is 24.3 Å². The van der Waals surface area contributed by atoms with Crippen molar-refractivity contribution < 1.29 is 13.9 Å². The number of ether oxygens (including phenoxy) is 1. The number of carbonyl (C=O) groups is 1. The minimum atomic E-state index is -0.492. The van der Waals surface area contributed by atoms with E-state index in [0.717, 1.165) is 0 Å². The number of rotatable bonds is 3. The van der Waals surface area contributed by atoms with Gasteiger partial charge in [0.1, 0.15) is 5.15 Å². The molecular weight excluding hydrogens is 271 g/mol. The summed E-state index contributed by atoms with van der Waals surface area (Å²) in [7, 11) is 1.35. The summed E-state index contributed by atoms with van der Waals surface area (Å²) < 4.78 is 18.0. The number of hydrogen-bond acceptors (Lipinski definition) is 3. The highest BCUT2D eigenvalue weighted by atomic mass is 35.5. The van der Waals surface area contributed by atoms with Gasteiger partial charge < -0.3 is 10.1 Å². The number of halogens is 2. The Hall–Kier alpha value is -2.14. The normalized spacial score (nSPS) is 10.1. The molecule has 0 bridgehead atoms. The topological polar surface area (TPSA) is 51.2 Å². The molecule has 1 aromatic carbocycles. The highest BCUT2D eigenvalue weighted by molar-refractivity contribution is 6.29. The Bertz CT molecular complexity index is 602. The van der Waals surface area contributed by atoms with Crippen molar-refractivity contribution in [3.05, 3.63) is 53.1 Å². The van der Waals surface area contributed by atoms with E-state index in [1.807, 2.05) is 0 Å². The number of pyridine rings is 1. The first-order valence-corrected chi connectivity index (χ1v) is 5.74. The summed E-state index contributed by atoms with van der Waals surface area (Å²) in [6.07, 6.45) is 1.36. The molecule has 6 heteroatoms. The number of benzene rings is 1. The average Bonchev–Trinajstić information content (AvgIpc) is 2.41. The molecule has 0 saturated heterocycles. The number of aromatic nitrogens is 1. The zero-order chi connectivity index (χ0) is 13.8. The van der Waals surface area contributed by atoms with Gasteiger partial charge in [0.25, 0.3) is 5.91 Å². The molecule has 0 radical (unpaired) electrons. The van der Waals surface area contributed by atoms with Gasteiger partial charge >= 0.3 is 0 Å². The zero-order valence-corrected chi connectivity index (χ0v) is 10.7. The first-order chi connectivity index (χ1) is 9.10. The number of hydrogen-bond donors (Lipinski definition) is 1. The molecule has 0 unspecified atom stereocenters. The SMILES string of the molecule is COc1cc(NC(=O)c2ccc(Cl)nc2)ccc1F. The van der Waals surface area contributed by atoms with E-state index >= 15 is 0 Å². The van der Waals surface area contributed by atoms with Crippen LogP contribution in [0.15, 0.2) is 36.5 Å². The number of nitrogens with one attached hydrogen (secondary N) is 1. The second-order valence-electron chi connectivity index (χ2n) is 3.67. The van der Waals surface area contributed by atoms with Crippen LogP contribution < -0.4 is 10.1 Å². The van der Waals surface area contributed by atoms with Crippen molar-refractivity contribution in [1.82, 2.24) is 4.98 Å². The van der Waals surface area contributed by atoms with Gasteiger partial charge in [-0.2, -0.15) is 0 Å². The number of anilines is 1. The molecule has 0 aliphatic rings. The molecule has 1 amide bonds. The number of amides is 1. The maximum absolute atomic E-state index is 13.2. The fourth-order valence-electron chi connectivity index (χ4n) is 1.45. The summed E-state index contributed by atoms with van der Waals surface area (Å²) in [4.78, 5) is 15.7. The van der Waals surface area contributed by atoms with Gasteiger partial charge in [0.05, 0.1) is 12.7 Å². The molecule has 0 atom stereocenters.